The second kappa shape index (κ2) is 7.23. The van der Waals surface area contributed by atoms with E-state index in [1.807, 2.05) is 36.2 Å². The van der Waals surface area contributed by atoms with Crippen molar-refractivity contribution >= 4 is 40.0 Å². The zero-order valence-corrected chi connectivity index (χ0v) is 17.1. The number of fused-ring (bicyclic) bond motifs is 1. The van der Waals surface area contributed by atoms with Crippen molar-refractivity contribution in [1.82, 2.24) is 0 Å². The highest BCUT2D eigenvalue weighted by molar-refractivity contribution is 14.1. The monoisotopic (exact) mass is 461 g/mol. The number of carbonyl (C=O) groups is 2. The van der Waals surface area contributed by atoms with Gasteiger partial charge < -0.3 is 9.64 Å². The largest absolute Gasteiger partial charge is 0.454 e. The number of ketones is 1. The predicted octanol–water partition coefficient (Wildman–Crippen LogP) is 4.33. The molecule has 0 bridgehead atoms. The van der Waals surface area contributed by atoms with E-state index in [2.05, 4.69) is 42.5 Å². The van der Waals surface area contributed by atoms with Crippen LogP contribution in [0, 0.1) is 3.57 Å². The average Bonchev–Trinajstić information content (AvgIpc) is 2.81. The van der Waals surface area contributed by atoms with Crippen molar-refractivity contribution in [3.63, 3.8) is 0 Å². The fourth-order valence-corrected chi connectivity index (χ4v) is 3.83. The molecule has 0 fully saturated rings. The molecule has 0 spiro atoms. The highest BCUT2D eigenvalue weighted by Gasteiger charge is 2.38. The Kier molecular flexibility index (Phi) is 5.18. The van der Waals surface area contributed by atoms with Gasteiger partial charge in [-0.25, -0.2) is 4.79 Å². The molecule has 0 amide bonds. The van der Waals surface area contributed by atoms with E-state index < -0.39 is 5.97 Å². The standard InChI is InChI=1S/C21H20INO3/c1-21(2)17-9-4-5-10-18(17)23(3)19(21)12-16(24)13-26-20(25)14-7-6-8-15(22)11-14/h4-12H,13H2,1-3H3/b19-12-. The normalized spacial score (nSPS) is 16.5. The zero-order chi connectivity index (χ0) is 18.9. The van der Waals surface area contributed by atoms with Crippen molar-refractivity contribution < 1.29 is 14.3 Å². The molecule has 2 aromatic carbocycles. The number of nitrogens with zero attached hydrogens (tertiary/aromatic N) is 1. The topological polar surface area (TPSA) is 46.6 Å². The smallest absolute Gasteiger partial charge is 0.338 e. The van der Waals surface area contributed by atoms with E-state index in [9.17, 15) is 9.59 Å². The van der Waals surface area contributed by atoms with Gasteiger partial charge in [0.25, 0.3) is 0 Å². The molecule has 0 aliphatic carbocycles. The third-order valence-corrected chi connectivity index (χ3v) is 5.31. The van der Waals surface area contributed by atoms with E-state index in [0.717, 1.165) is 15.0 Å². The second-order valence-electron chi connectivity index (χ2n) is 6.78. The molecule has 0 saturated carbocycles. The van der Waals surface area contributed by atoms with Crippen LogP contribution in [0.4, 0.5) is 5.69 Å². The van der Waals surface area contributed by atoms with Crippen LogP contribution < -0.4 is 4.90 Å². The average molecular weight is 461 g/mol. The summed E-state index contributed by atoms with van der Waals surface area (Å²) >= 11 is 2.13. The predicted molar refractivity (Wildman–Crippen MR) is 110 cm³/mol. The lowest BCUT2D eigenvalue weighted by Gasteiger charge is -2.23. The molecule has 0 aromatic heterocycles. The first-order valence-electron chi connectivity index (χ1n) is 8.31. The number of rotatable bonds is 4. The maximum Gasteiger partial charge on any atom is 0.338 e. The molecule has 4 nitrogen and oxygen atoms in total. The highest BCUT2D eigenvalue weighted by atomic mass is 127. The molecule has 5 heteroatoms. The van der Waals surface area contributed by atoms with Gasteiger partial charge in [0.05, 0.1) is 5.56 Å². The number of anilines is 1. The first-order valence-corrected chi connectivity index (χ1v) is 9.39. The van der Waals surface area contributed by atoms with E-state index in [1.165, 1.54) is 5.56 Å². The molecule has 0 N–H and O–H groups in total. The van der Waals surface area contributed by atoms with Gasteiger partial charge in [-0.15, -0.1) is 0 Å². The summed E-state index contributed by atoms with van der Waals surface area (Å²) in [6.07, 6.45) is 1.59. The Balaban J connectivity index is 1.72. The van der Waals surface area contributed by atoms with Crippen LogP contribution in [0.2, 0.25) is 0 Å². The van der Waals surface area contributed by atoms with Crippen LogP contribution >= 0.6 is 22.6 Å². The number of ether oxygens (including phenoxy) is 1. The van der Waals surface area contributed by atoms with Crippen LogP contribution in [-0.4, -0.2) is 25.4 Å². The molecule has 1 aliphatic heterocycles. The summed E-state index contributed by atoms with van der Waals surface area (Å²) in [4.78, 5) is 26.5. The Labute approximate surface area is 167 Å². The van der Waals surface area contributed by atoms with E-state index in [4.69, 9.17) is 4.74 Å². The van der Waals surface area contributed by atoms with Crippen molar-refractivity contribution in [1.29, 1.82) is 0 Å². The summed E-state index contributed by atoms with van der Waals surface area (Å²) in [5.74, 6) is -0.718. The Morgan fingerprint density at radius 1 is 1.15 bits per heavy atom. The van der Waals surface area contributed by atoms with Crippen molar-refractivity contribution in [3.05, 3.63) is 75.0 Å². The van der Waals surface area contributed by atoms with Gasteiger partial charge in [-0.1, -0.05) is 38.1 Å². The Bertz CT molecular complexity index is 902. The molecule has 0 atom stereocenters. The van der Waals surface area contributed by atoms with Crippen LogP contribution in [0.1, 0.15) is 29.8 Å². The number of allylic oxidation sites excluding steroid dienone is 1. The number of esters is 1. The number of hydrogen-bond acceptors (Lipinski definition) is 4. The van der Waals surface area contributed by atoms with E-state index >= 15 is 0 Å². The quantitative estimate of drug-likeness (QED) is 0.387. The van der Waals surface area contributed by atoms with Gasteiger partial charge in [0.2, 0.25) is 0 Å². The SMILES string of the molecule is CN1/C(=C\C(=O)COC(=O)c2cccc(I)c2)C(C)(C)c2ccccc21. The fraction of sp³-hybridized carbons (Fsp3) is 0.238. The van der Waals surface area contributed by atoms with Gasteiger partial charge in [-0.2, -0.15) is 0 Å². The summed E-state index contributed by atoms with van der Waals surface area (Å²) in [5.41, 5.74) is 3.34. The Morgan fingerprint density at radius 3 is 2.58 bits per heavy atom. The zero-order valence-electron chi connectivity index (χ0n) is 15.0. The van der Waals surface area contributed by atoms with E-state index in [1.54, 1.807) is 24.3 Å². The fourth-order valence-electron chi connectivity index (χ4n) is 3.29. The lowest BCUT2D eigenvalue weighted by atomic mass is 9.83. The molecule has 3 rings (SSSR count). The van der Waals surface area contributed by atoms with Crippen LogP contribution in [0.5, 0.6) is 0 Å². The van der Waals surface area contributed by atoms with Crippen molar-refractivity contribution in [3.8, 4) is 0 Å². The Hall–Kier alpha value is -2.15. The molecular weight excluding hydrogens is 441 g/mol. The molecule has 0 unspecified atom stereocenters. The number of hydrogen-bond donors (Lipinski definition) is 0. The molecule has 0 radical (unpaired) electrons. The molecule has 26 heavy (non-hydrogen) atoms. The summed E-state index contributed by atoms with van der Waals surface area (Å²) in [6, 6.07) is 15.2. The van der Waals surface area contributed by atoms with E-state index in [-0.39, 0.29) is 17.8 Å². The molecular formula is C21H20INO3. The molecule has 0 saturated heterocycles. The first-order chi connectivity index (χ1) is 12.3. The lowest BCUT2D eigenvalue weighted by molar-refractivity contribution is -0.117. The third kappa shape index (κ3) is 3.53. The van der Waals surface area contributed by atoms with Gasteiger partial charge in [-0.05, 0) is 52.4 Å². The maximum absolute atomic E-state index is 12.4. The summed E-state index contributed by atoms with van der Waals surface area (Å²) < 4.78 is 6.12. The summed E-state index contributed by atoms with van der Waals surface area (Å²) in [6.45, 7) is 3.91. The highest BCUT2D eigenvalue weighted by Crippen LogP contribution is 2.46. The van der Waals surface area contributed by atoms with Crippen molar-refractivity contribution in [2.24, 2.45) is 0 Å². The number of halogens is 1. The van der Waals surface area contributed by atoms with Crippen molar-refractivity contribution in [2.75, 3.05) is 18.6 Å². The maximum atomic E-state index is 12.4. The molecule has 2 aromatic rings. The van der Waals surface area contributed by atoms with Gasteiger partial charge in [0, 0.05) is 33.5 Å². The minimum Gasteiger partial charge on any atom is -0.454 e. The van der Waals surface area contributed by atoms with Gasteiger partial charge in [-0.3, -0.25) is 4.79 Å². The number of para-hydroxylation sites is 1. The van der Waals surface area contributed by atoms with Crippen LogP contribution in [-0.2, 0) is 14.9 Å². The van der Waals surface area contributed by atoms with E-state index in [0.29, 0.717) is 5.56 Å². The van der Waals surface area contributed by atoms with Crippen molar-refractivity contribution in [2.45, 2.75) is 19.3 Å². The van der Waals surface area contributed by atoms with Gasteiger partial charge >= 0.3 is 5.97 Å². The molecule has 1 aliphatic rings. The Morgan fingerprint density at radius 2 is 1.88 bits per heavy atom. The molecule has 1 heterocycles. The summed E-state index contributed by atoms with van der Waals surface area (Å²) in [7, 11) is 1.95. The van der Waals surface area contributed by atoms with Crippen LogP contribution in [0.3, 0.4) is 0 Å². The number of likely N-dealkylation sites (N-methyl/N-ethyl adjacent to an activating group) is 1. The van der Waals surface area contributed by atoms with Crippen LogP contribution in [0.25, 0.3) is 0 Å². The first kappa shape index (κ1) is 18.6. The number of benzene rings is 2. The minimum absolute atomic E-state index is 0.230. The van der Waals surface area contributed by atoms with Gasteiger partial charge in [0.1, 0.15) is 0 Å². The second-order valence-corrected chi connectivity index (χ2v) is 8.03. The van der Waals surface area contributed by atoms with Gasteiger partial charge in [0.15, 0.2) is 12.4 Å². The lowest BCUT2D eigenvalue weighted by Crippen LogP contribution is -2.25. The molecule has 134 valence electrons. The third-order valence-electron chi connectivity index (χ3n) is 4.64. The minimum atomic E-state index is -0.488. The summed E-state index contributed by atoms with van der Waals surface area (Å²) in [5, 5.41) is 0. The van der Waals surface area contributed by atoms with Crippen LogP contribution in [0.15, 0.2) is 60.3 Å². The number of carbonyl (C=O) groups excluding carboxylic acids is 2.